The maximum Gasteiger partial charge on any atom is 0.334 e. The summed E-state index contributed by atoms with van der Waals surface area (Å²) in [5, 5.41) is 15.5. The van der Waals surface area contributed by atoms with E-state index in [9.17, 15) is 14.9 Å². The first-order chi connectivity index (χ1) is 12.7. The number of halogens is 1. The summed E-state index contributed by atoms with van der Waals surface area (Å²) >= 11 is 6.13. The predicted molar refractivity (Wildman–Crippen MR) is 101 cm³/mol. The lowest BCUT2D eigenvalue weighted by Crippen LogP contribution is -2.15. The number of nitrogens with zero attached hydrogens (tertiary/aromatic N) is 2. The van der Waals surface area contributed by atoms with E-state index in [4.69, 9.17) is 22.1 Å². The Kier molecular flexibility index (Phi) is 6.36. The van der Waals surface area contributed by atoms with E-state index in [1.165, 1.54) is 18.2 Å². The summed E-state index contributed by atoms with van der Waals surface area (Å²) in [6, 6.07) is 7.46. The molecule has 142 valence electrons. The quantitative estimate of drug-likeness (QED) is 0.259. The van der Waals surface area contributed by atoms with E-state index in [0.29, 0.717) is 10.8 Å². The number of nitrogens with two attached hydrogens (primary N) is 1. The van der Waals surface area contributed by atoms with Crippen LogP contribution in [0.25, 0.3) is 0 Å². The van der Waals surface area contributed by atoms with Gasteiger partial charge in [-0.2, -0.15) is 0 Å². The fourth-order valence-corrected chi connectivity index (χ4v) is 2.32. The van der Waals surface area contributed by atoms with Crippen molar-refractivity contribution in [2.24, 2.45) is 10.9 Å². The van der Waals surface area contributed by atoms with Gasteiger partial charge in [-0.3, -0.25) is 10.1 Å². The second-order valence-electron chi connectivity index (χ2n) is 5.71. The summed E-state index contributed by atoms with van der Waals surface area (Å²) in [4.78, 5) is 26.5. The maximum absolute atomic E-state index is 11.4. The third-order valence-corrected chi connectivity index (χ3v) is 4.22. The number of nitro benzene ring substituents is 1. The summed E-state index contributed by atoms with van der Waals surface area (Å²) in [5.41, 5.74) is 7.22. The summed E-state index contributed by atoms with van der Waals surface area (Å²) in [5.74, 6) is -0.280. The van der Waals surface area contributed by atoms with Crippen molar-refractivity contribution in [3.8, 4) is 11.5 Å². The second-order valence-corrected chi connectivity index (χ2v) is 6.08. The lowest BCUT2D eigenvalue weighted by molar-refractivity contribution is -0.385. The van der Waals surface area contributed by atoms with Crippen molar-refractivity contribution < 1.29 is 19.3 Å². The Hall–Kier alpha value is -3.13. The highest BCUT2D eigenvalue weighted by Crippen LogP contribution is 2.34. The highest BCUT2D eigenvalue weighted by molar-refractivity contribution is 6.32. The van der Waals surface area contributed by atoms with Crippen molar-refractivity contribution in [1.29, 1.82) is 0 Å². The zero-order chi connectivity index (χ0) is 20.1. The van der Waals surface area contributed by atoms with E-state index in [1.54, 1.807) is 19.1 Å². The minimum atomic E-state index is -0.597. The Bertz CT molecular complexity index is 904. The first-order valence-corrected chi connectivity index (χ1v) is 8.37. The van der Waals surface area contributed by atoms with Gasteiger partial charge in [0.1, 0.15) is 5.75 Å². The zero-order valence-electron chi connectivity index (χ0n) is 15.0. The molecule has 0 amide bonds. The molecule has 0 aliphatic heterocycles. The number of ether oxygens (including phenoxy) is 1. The molecule has 0 saturated heterocycles. The van der Waals surface area contributed by atoms with Gasteiger partial charge in [0.15, 0.2) is 5.84 Å². The lowest BCUT2D eigenvalue weighted by atomic mass is 10.1. The Morgan fingerprint density at radius 3 is 2.44 bits per heavy atom. The van der Waals surface area contributed by atoms with E-state index in [-0.39, 0.29) is 29.3 Å². The minimum Gasteiger partial charge on any atom is -0.450 e. The molecule has 9 heteroatoms. The molecule has 8 nitrogen and oxygen atoms in total. The Labute approximate surface area is 160 Å². The lowest BCUT2D eigenvalue weighted by Gasteiger charge is -2.10. The number of aryl methyl sites for hydroxylation is 2. The van der Waals surface area contributed by atoms with Crippen molar-refractivity contribution in [1.82, 2.24) is 0 Å². The smallest absolute Gasteiger partial charge is 0.334 e. The number of nitro groups is 1. The van der Waals surface area contributed by atoms with Crippen molar-refractivity contribution in [2.45, 2.75) is 27.2 Å². The molecular weight excluding hydrogens is 374 g/mol. The van der Waals surface area contributed by atoms with Crippen molar-refractivity contribution >= 4 is 29.1 Å². The fraction of sp³-hybridized carbons (Fsp3) is 0.222. The van der Waals surface area contributed by atoms with Crippen LogP contribution in [0.2, 0.25) is 5.02 Å². The number of carbonyl (C=O) groups excluding carboxylic acids is 1. The number of rotatable bonds is 6. The van der Waals surface area contributed by atoms with Crippen LogP contribution in [0.5, 0.6) is 11.5 Å². The largest absolute Gasteiger partial charge is 0.450 e. The SMILES string of the molecule is CCC(=O)ON=C(N)c1ccc(Oc2cc(C)c(Cl)c(C)c2)c([N+](=O)[O-])c1. The molecule has 0 atom stereocenters. The van der Waals surface area contributed by atoms with Gasteiger partial charge < -0.3 is 15.3 Å². The van der Waals surface area contributed by atoms with Crippen LogP contribution in [0.1, 0.15) is 30.0 Å². The standard InChI is InChI=1S/C18H18ClN3O5/c1-4-16(23)27-21-18(20)12-5-6-15(14(9-12)22(24)25)26-13-7-10(2)17(19)11(3)8-13/h5-9H,4H2,1-3H3,(H2,20,21). The summed E-state index contributed by atoms with van der Waals surface area (Å²) in [6.45, 7) is 5.23. The molecular formula is C18H18ClN3O5. The van der Waals surface area contributed by atoms with Gasteiger partial charge in [-0.05, 0) is 49.2 Å². The molecule has 0 unspecified atom stereocenters. The van der Waals surface area contributed by atoms with E-state index < -0.39 is 10.9 Å². The minimum absolute atomic E-state index is 0.0308. The normalized spacial score (nSPS) is 11.2. The fourth-order valence-electron chi connectivity index (χ4n) is 2.22. The Balaban J connectivity index is 2.36. The topological polar surface area (TPSA) is 117 Å². The molecule has 2 N–H and O–H groups in total. The van der Waals surface area contributed by atoms with Crippen molar-refractivity contribution in [3.63, 3.8) is 0 Å². The molecule has 0 radical (unpaired) electrons. The molecule has 2 aromatic carbocycles. The number of amidine groups is 1. The van der Waals surface area contributed by atoms with E-state index in [2.05, 4.69) is 9.99 Å². The number of oxime groups is 1. The molecule has 0 aliphatic rings. The summed E-state index contributed by atoms with van der Waals surface area (Å²) in [6.07, 6.45) is 0.129. The average molecular weight is 392 g/mol. The monoisotopic (exact) mass is 391 g/mol. The van der Waals surface area contributed by atoms with Gasteiger partial charge in [-0.25, -0.2) is 4.79 Å². The van der Waals surface area contributed by atoms with Crippen molar-refractivity contribution in [3.05, 3.63) is 62.2 Å². The van der Waals surface area contributed by atoms with E-state index in [1.807, 2.05) is 13.8 Å². The van der Waals surface area contributed by atoms with Gasteiger partial charge in [0.2, 0.25) is 5.75 Å². The van der Waals surface area contributed by atoms with Crippen LogP contribution < -0.4 is 10.5 Å². The number of carbonyl (C=O) groups is 1. The van der Waals surface area contributed by atoms with Crippen LogP contribution in [0.4, 0.5) is 5.69 Å². The summed E-state index contributed by atoms with van der Waals surface area (Å²) in [7, 11) is 0. The van der Waals surface area contributed by atoms with E-state index in [0.717, 1.165) is 11.1 Å². The third kappa shape index (κ3) is 4.95. The van der Waals surface area contributed by atoms with Gasteiger partial charge in [-0.1, -0.05) is 23.7 Å². The van der Waals surface area contributed by atoms with Crippen LogP contribution in [0.3, 0.4) is 0 Å². The van der Waals surface area contributed by atoms with Crippen LogP contribution in [-0.2, 0) is 9.63 Å². The summed E-state index contributed by atoms with van der Waals surface area (Å²) < 4.78 is 5.67. The van der Waals surface area contributed by atoms with Crippen LogP contribution >= 0.6 is 11.6 Å². The van der Waals surface area contributed by atoms with Crippen molar-refractivity contribution in [2.75, 3.05) is 0 Å². The molecule has 0 bridgehead atoms. The Morgan fingerprint density at radius 2 is 1.89 bits per heavy atom. The second kappa shape index (κ2) is 8.50. The van der Waals surface area contributed by atoms with Crippen LogP contribution in [-0.4, -0.2) is 16.7 Å². The van der Waals surface area contributed by atoms with Gasteiger partial charge in [-0.15, -0.1) is 0 Å². The van der Waals surface area contributed by atoms with Gasteiger partial charge >= 0.3 is 11.7 Å². The highest BCUT2D eigenvalue weighted by atomic mass is 35.5. The number of hydrogen-bond donors (Lipinski definition) is 1. The first-order valence-electron chi connectivity index (χ1n) is 7.99. The Morgan fingerprint density at radius 1 is 1.26 bits per heavy atom. The van der Waals surface area contributed by atoms with E-state index >= 15 is 0 Å². The van der Waals surface area contributed by atoms with Crippen LogP contribution in [0.15, 0.2) is 35.5 Å². The maximum atomic E-state index is 11.4. The number of benzene rings is 2. The first kappa shape index (κ1) is 20.2. The third-order valence-electron chi connectivity index (χ3n) is 3.62. The van der Waals surface area contributed by atoms with Gasteiger partial charge in [0.05, 0.1) is 4.92 Å². The molecule has 27 heavy (non-hydrogen) atoms. The number of hydrogen-bond acceptors (Lipinski definition) is 6. The predicted octanol–water partition coefficient (Wildman–Crippen LogP) is 4.23. The van der Waals surface area contributed by atoms with Gasteiger partial charge in [0.25, 0.3) is 0 Å². The molecule has 0 aromatic heterocycles. The molecule has 2 aromatic rings. The van der Waals surface area contributed by atoms with Crippen LogP contribution in [0, 0.1) is 24.0 Å². The van der Waals surface area contributed by atoms with Gasteiger partial charge in [0, 0.05) is 23.1 Å². The highest BCUT2D eigenvalue weighted by Gasteiger charge is 2.19. The molecule has 0 saturated carbocycles. The molecule has 2 rings (SSSR count). The zero-order valence-corrected chi connectivity index (χ0v) is 15.7. The molecule has 0 aliphatic carbocycles. The molecule has 0 heterocycles. The molecule has 0 spiro atoms. The molecule has 0 fully saturated rings. The average Bonchev–Trinajstić information content (AvgIpc) is 2.63.